The van der Waals surface area contributed by atoms with Crippen molar-refractivity contribution in [1.82, 2.24) is 14.6 Å². The van der Waals surface area contributed by atoms with Crippen molar-refractivity contribution in [1.29, 1.82) is 0 Å². The number of nitrogens with two attached hydrogens (primary N) is 1. The van der Waals surface area contributed by atoms with Crippen LogP contribution in [0.2, 0.25) is 0 Å². The summed E-state index contributed by atoms with van der Waals surface area (Å²) in [6, 6.07) is 12.0. The molecule has 1 atom stereocenters. The third-order valence-electron chi connectivity index (χ3n) is 9.27. The predicted molar refractivity (Wildman–Crippen MR) is 179 cm³/mol. The summed E-state index contributed by atoms with van der Waals surface area (Å²) < 4.78 is 29.6. The molecule has 6 aromatic rings. The molecule has 10 nitrogen and oxygen atoms in total. The van der Waals surface area contributed by atoms with Crippen LogP contribution < -0.4 is 26.8 Å². The van der Waals surface area contributed by atoms with Crippen molar-refractivity contribution in [2.24, 2.45) is 5.73 Å². The van der Waals surface area contributed by atoms with E-state index in [0.717, 1.165) is 30.4 Å². The van der Waals surface area contributed by atoms with Gasteiger partial charge in [0.1, 0.15) is 16.8 Å². The summed E-state index contributed by atoms with van der Waals surface area (Å²) in [7, 11) is 0. The molecule has 0 spiro atoms. The van der Waals surface area contributed by atoms with E-state index in [1.807, 2.05) is 29.2 Å². The number of morpholine rings is 1. The smallest absolute Gasteiger partial charge is 0.256 e. The zero-order chi connectivity index (χ0) is 30.8. The number of pyridine rings is 1. The maximum absolute atomic E-state index is 16.0. The second kappa shape index (κ2) is 11.7. The number of amides is 1. The van der Waals surface area contributed by atoms with Crippen molar-refractivity contribution in [3.8, 4) is 0 Å². The van der Waals surface area contributed by atoms with Gasteiger partial charge in [-0.25, -0.2) is 4.39 Å². The Labute approximate surface area is 263 Å². The molecule has 2 fully saturated rings. The van der Waals surface area contributed by atoms with Gasteiger partial charge in [0.05, 0.1) is 24.1 Å². The zero-order valence-corrected chi connectivity index (χ0v) is 24.6. The number of halogens is 1. The van der Waals surface area contributed by atoms with E-state index in [9.17, 15) is 14.4 Å². The fourth-order valence-electron chi connectivity index (χ4n) is 6.99. The first kappa shape index (κ1) is 30.1. The summed E-state index contributed by atoms with van der Waals surface area (Å²) in [4.78, 5) is 44.8. The molecule has 4 aromatic carbocycles. The maximum Gasteiger partial charge on any atom is 0.256 e. The minimum Gasteiger partial charge on any atom is -0.451 e. The molecule has 1 amide bonds. The largest absolute Gasteiger partial charge is 0.451 e. The van der Waals surface area contributed by atoms with Crippen molar-refractivity contribution in [3.05, 3.63) is 80.5 Å². The molecule has 0 unspecified atom stereocenters. The Balaban J connectivity index is 0.00000338. The van der Waals surface area contributed by atoms with Crippen LogP contribution in [0.15, 0.2) is 62.7 Å². The van der Waals surface area contributed by atoms with Crippen LogP contribution in [-0.2, 0) is 4.74 Å². The number of benzene rings is 3. The van der Waals surface area contributed by atoms with Gasteiger partial charge in [0, 0.05) is 55.7 Å². The van der Waals surface area contributed by atoms with Crippen LogP contribution in [0.4, 0.5) is 10.1 Å². The van der Waals surface area contributed by atoms with Gasteiger partial charge in [-0.05, 0) is 48.4 Å². The molecule has 0 saturated carbocycles. The van der Waals surface area contributed by atoms with E-state index in [1.165, 1.54) is 12.3 Å². The molecule has 2 aromatic heterocycles. The molecule has 0 radical (unpaired) electrons. The molecule has 238 valence electrons. The highest BCUT2D eigenvalue weighted by Crippen LogP contribution is 2.38. The summed E-state index contributed by atoms with van der Waals surface area (Å²) in [5.41, 5.74) is 7.01. The van der Waals surface area contributed by atoms with Gasteiger partial charge in [-0.3, -0.25) is 19.3 Å². The highest BCUT2D eigenvalue weighted by atomic mass is 19.1. The lowest BCUT2D eigenvalue weighted by molar-refractivity contribution is 0.0374. The average Bonchev–Trinajstić information content (AvgIpc) is 3.60. The first-order chi connectivity index (χ1) is 21.9. The molecular weight excluding hydrogens is 589 g/mol. The summed E-state index contributed by atoms with van der Waals surface area (Å²) in [6.45, 7) is 5.24. The molecule has 2 saturated heterocycles. The molecule has 0 bridgehead atoms. The standard InChI is InChI=1S/C34H32FN5O5.CH4/c35-26-14-24-29-33(30(26)39-9-6-19(36)17-39)45-28-16-23-22(20-4-1-2-5-21(20)31(23)41)15-27(28)40(29)18-25(32(24)42)34(43)37-7-3-8-38-10-12-44-13-11-38;/h1-2,4-5,14-16,18-19H,3,6-13,17,36H2,(H,37,43);1H4/t19-;/m0./s1. The third-order valence-corrected chi connectivity index (χ3v) is 9.27. The Bertz CT molecular complexity index is 2260. The lowest BCUT2D eigenvalue weighted by Crippen LogP contribution is -2.38. The Morgan fingerprint density at radius 2 is 1.76 bits per heavy atom. The van der Waals surface area contributed by atoms with Crippen LogP contribution in [-0.4, -0.2) is 73.7 Å². The van der Waals surface area contributed by atoms with Crippen molar-refractivity contribution in [2.75, 3.05) is 57.4 Å². The van der Waals surface area contributed by atoms with Gasteiger partial charge in [0.2, 0.25) is 5.43 Å². The SMILES string of the molecule is C.N[C@H]1CCN(c2c(F)cc3c(=O)c(C(=O)NCCCN4CCOCC4)cn4c5cc6c(cc5oc2c34)c(=O)c2ccccc26)C1. The second-order valence-electron chi connectivity index (χ2n) is 12.1. The van der Waals surface area contributed by atoms with Crippen LogP contribution in [0.25, 0.3) is 49.1 Å². The highest BCUT2D eigenvalue weighted by Gasteiger charge is 2.29. The van der Waals surface area contributed by atoms with E-state index in [0.29, 0.717) is 73.1 Å². The van der Waals surface area contributed by atoms with E-state index >= 15 is 4.39 Å². The monoisotopic (exact) mass is 625 g/mol. The lowest BCUT2D eigenvalue weighted by Gasteiger charge is -2.26. The lowest BCUT2D eigenvalue weighted by atomic mass is 10.1. The molecule has 8 rings (SSSR count). The minimum atomic E-state index is -0.633. The van der Waals surface area contributed by atoms with Crippen LogP contribution in [0.3, 0.4) is 0 Å². The Kier molecular flexibility index (Phi) is 7.62. The van der Waals surface area contributed by atoms with E-state index in [4.69, 9.17) is 14.9 Å². The number of carbonyl (C=O) groups excluding carboxylic acids is 1. The average molecular weight is 626 g/mol. The number of hydrogen-bond acceptors (Lipinski definition) is 8. The van der Waals surface area contributed by atoms with Crippen LogP contribution >= 0.6 is 0 Å². The zero-order valence-electron chi connectivity index (χ0n) is 24.6. The van der Waals surface area contributed by atoms with Crippen LogP contribution in [0.1, 0.15) is 30.6 Å². The van der Waals surface area contributed by atoms with Gasteiger partial charge in [-0.1, -0.05) is 31.7 Å². The number of ether oxygens (including phenoxy) is 1. The van der Waals surface area contributed by atoms with Crippen LogP contribution in [0.5, 0.6) is 0 Å². The third kappa shape index (κ3) is 4.77. The predicted octanol–water partition coefficient (Wildman–Crippen LogP) is 4.07. The molecule has 0 aliphatic carbocycles. The minimum absolute atomic E-state index is 0. The number of rotatable bonds is 6. The molecular formula is C35H36FN5O5. The number of nitrogens with one attached hydrogen (secondary N) is 1. The summed E-state index contributed by atoms with van der Waals surface area (Å²) in [5.74, 6) is -1.16. The normalized spacial score (nSPS) is 17.5. The summed E-state index contributed by atoms with van der Waals surface area (Å²) in [5, 5.41) is 5.53. The van der Waals surface area contributed by atoms with Crippen molar-refractivity contribution < 1.29 is 18.3 Å². The summed E-state index contributed by atoms with van der Waals surface area (Å²) in [6.07, 6.45) is 2.91. The van der Waals surface area contributed by atoms with Crippen molar-refractivity contribution in [3.63, 3.8) is 0 Å². The van der Waals surface area contributed by atoms with Crippen molar-refractivity contribution in [2.45, 2.75) is 26.3 Å². The molecule has 2 aliphatic heterocycles. The number of fused-ring (bicyclic) bond motifs is 5. The van der Waals surface area contributed by atoms with E-state index in [2.05, 4.69) is 10.2 Å². The Morgan fingerprint density at radius 1 is 0.978 bits per heavy atom. The number of nitrogens with zero attached hydrogens (tertiary/aromatic N) is 3. The van der Waals surface area contributed by atoms with Crippen molar-refractivity contribution >= 4 is 60.7 Å². The van der Waals surface area contributed by atoms with Gasteiger partial charge in [-0.15, -0.1) is 0 Å². The Hall–Kier alpha value is -4.58. The first-order valence-electron chi connectivity index (χ1n) is 15.4. The fraction of sp³-hybridized carbons (Fsp3) is 0.343. The maximum atomic E-state index is 16.0. The van der Waals surface area contributed by atoms with Gasteiger partial charge in [0.25, 0.3) is 5.91 Å². The highest BCUT2D eigenvalue weighted by molar-refractivity contribution is 6.15. The summed E-state index contributed by atoms with van der Waals surface area (Å²) >= 11 is 0. The second-order valence-corrected chi connectivity index (χ2v) is 12.1. The number of carbonyl (C=O) groups is 1. The van der Waals surface area contributed by atoms with E-state index in [1.54, 1.807) is 16.5 Å². The number of anilines is 1. The first-order valence-corrected chi connectivity index (χ1v) is 15.4. The number of aromatic nitrogens is 1. The molecule has 3 N–H and O–H groups in total. The van der Waals surface area contributed by atoms with Gasteiger partial charge >= 0.3 is 0 Å². The van der Waals surface area contributed by atoms with Gasteiger partial charge in [0.15, 0.2) is 22.4 Å². The fourth-order valence-corrected chi connectivity index (χ4v) is 6.99. The van der Waals surface area contributed by atoms with Crippen LogP contribution in [0, 0.1) is 5.82 Å². The number of hydrogen-bond donors (Lipinski definition) is 2. The van der Waals surface area contributed by atoms with E-state index in [-0.39, 0.29) is 41.1 Å². The molecule has 11 heteroatoms. The van der Waals surface area contributed by atoms with Gasteiger partial charge < -0.3 is 29.5 Å². The quantitative estimate of drug-likeness (QED) is 0.161. The Morgan fingerprint density at radius 3 is 2.52 bits per heavy atom. The van der Waals surface area contributed by atoms with Gasteiger partial charge in [-0.2, -0.15) is 0 Å². The molecule has 4 heterocycles. The topological polar surface area (TPSA) is 123 Å². The molecule has 46 heavy (non-hydrogen) atoms. The van der Waals surface area contributed by atoms with E-state index < -0.39 is 17.2 Å². The molecule has 2 aliphatic rings.